The van der Waals surface area contributed by atoms with Gasteiger partial charge in [0, 0.05) is 0 Å². The standard InChI is InChI=1S/C12H11ClO2/c13-9-11(12(14)15)8-4-7-10-5-2-1-3-6-10/h1-8H,9H2,(H,14,15). The van der Waals surface area contributed by atoms with Gasteiger partial charge in [-0.3, -0.25) is 0 Å². The van der Waals surface area contributed by atoms with E-state index < -0.39 is 5.97 Å². The summed E-state index contributed by atoms with van der Waals surface area (Å²) in [7, 11) is 0. The highest BCUT2D eigenvalue weighted by molar-refractivity contribution is 6.22. The minimum Gasteiger partial charge on any atom is -0.478 e. The lowest BCUT2D eigenvalue weighted by Crippen LogP contribution is -2.00. The van der Waals surface area contributed by atoms with Gasteiger partial charge in [-0.2, -0.15) is 0 Å². The predicted octanol–water partition coefficient (Wildman–Crippen LogP) is 2.95. The van der Waals surface area contributed by atoms with Crippen LogP contribution in [0.2, 0.25) is 0 Å². The molecule has 0 aromatic heterocycles. The van der Waals surface area contributed by atoms with E-state index in [1.807, 2.05) is 36.4 Å². The van der Waals surface area contributed by atoms with Crippen molar-refractivity contribution in [2.45, 2.75) is 0 Å². The summed E-state index contributed by atoms with van der Waals surface area (Å²) in [6, 6.07) is 9.64. The van der Waals surface area contributed by atoms with Crippen molar-refractivity contribution < 1.29 is 9.90 Å². The largest absolute Gasteiger partial charge is 0.478 e. The summed E-state index contributed by atoms with van der Waals surface area (Å²) in [5.41, 5.74) is 1.21. The first-order chi connectivity index (χ1) is 7.24. The molecule has 1 aromatic carbocycles. The van der Waals surface area contributed by atoms with Crippen LogP contribution in [0.4, 0.5) is 0 Å². The average molecular weight is 223 g/mol. The molecule has 0 aliphatic carbocycles. The molecule has 15 heavy (non-hydrogen) atoms. The van der Waals surface area contributed by atoms with E-state index in [-0.39, 0.29) is 11.5 Å². The Kier molecular flexibility index (Phi) is 4.64. The minimum absolute atomic E-state index is 0.00840. The van der Waals surface area contributed by atoms with E-state index in [0.29, 0.717) is 0 Å². The van der Waals surface area contributed by atoms with Gasteiger partial charge < -0.3 is 5.11 Å². The molecule has 0 radical (unpaired) electrons. The number of benzene rings is 1. The molecule has 0 spiro atoms. The van der Waals surface area contributed by atoms with Crippen LogP contribution in [0, 0.1) is 0 Å². The summed E-state index contributed by atoms with van der Waals surface area (Å²) in [5, 5.41) is 8.68. The first-order valence-electron chi connectivity index (χ1n) is 4.45. The number of alkyl halides is 1. The molecule has 0 aliphatic rings. The van der Waals surface area contributed by atoms with Crippen molar-refractivity contribution in [3.05, 3.63) is 53.6 Å². The lowest BCUT2D eigenvalue weighted by atomic mass is 10.2. The predicted molar refractivity (Wildman–Crippen MR) is 61.9 cm³/mol. The van der Waals surface area contributed by atoms with Crippen LogP contribution in [0.3, 0.4) is 0 Å². The van der Waals surface area contributed by atoms with Gasteiger partial charge in [-0.15, -0.1) is 11.6 Å². The number of aliphatic carboxylic acids is 1. The fourth-order valence-electron chi connectivity index (χ4n) is 1.01. The molecule has 0 heterocycles. The van der Waals surface area contributed by atoms with Crippen LogP contribution < -0.4 is 0 Å². The van der Waals surface area contributed by atoms with Crippen molar-refractivity contribution >= 4 is 23.6 Å². The fraction of sp³-hybridized carbons (Fsp3) is 0.0833. The second-order valence-corrected chi connectivity index (χ2v) is 3.17. The SMILES string of the molecule is O=C(O)C(=CC=Cc1ccccc1)CCl. The van der Waals surface area contributed by atoms with Gasteiger partial charge in [-0.1, -0.05) is 48.6 Å². The second kappa shape index (κ2) is 6.04. The molecule has 1 N–H and O–H groups in total. The molecule has 0 amide bonds. The van der Waals surface area contributed by atoms with Crippen LogP contribution in [-0.4, -0.2) is 17.0 Å². The van der Waals surface area contributed by atoms with E-state index in [9.17, 15) is 4.79 Å². The van der Waals surface area contributed by atoms with E-state index in [0.717, 1.165) is 5.56 Å². The summed E-state index contributed by atoms with van der Waals surface area (Å²) in [4.78, 5) is 10.6. The topological polar surface area (TPSA) is 37.3 Å². The van der Waals surface area contributed by atoms with E-state index >= 15 is 0 Å². The highest BCUT2D eigenvalue weighted by Crippen LogP contribution is 2.03. The van der Waals surface area contributed by atoms with E-state index in [1.54, 1.807) is 6.08 Å². The van der Waals surface area contributed by atoms with Crippen LogP contribution in [0.15, 0.2) is 48.1 Å². The Balaban J connectivity index is 2.70. The molecular weight excluding hydrogens is 212 g/mol. The Morgan fingerprint density at radius 3 is 2.53 bits per heavy atom. The van der Waals surface area contributed by atoms with Gasteiger partial charge >= 0.3 is 5.97 Å². The molecule has 2 nitrogen and oxygen atoms in total. The summed E-state index contributed by atoms with van der Waals surface area (Å²) < 4.78 is 0. The molecule has 0 unspecified atom stereocenters. The number of rotatable bonds is 4. The smallest absolute Gasteiger partial charge is 0.332 e. The minimum atomic E-state index is -0.984. The normalized spacial score (nSPS) is 11.9. The van der Waals surface area contributed by atoms with Gasteiger partial charge in [0.15, 0.2) is 0 Å². The third-order valence-electron chi connectivity index (χ3n) is 1.80. The number of halogens is 1. The van der Waals surface area contributed by atoms with E-state index in [4.69, 9.17) is 16.7 Å². The Hall–Kier alpha value is -1.54. The van der Waals surface area contributed by atoms with Gasteiger partial charge in [-0.05, 0) is 5.56 Å². The maximum Gasteiger partial charge on any atom is 0.332 e. The molecule has 78 valence electrons. The van der Waals surface area contributed by atoms with Crippen LogP contribution in [0.1, 0.15) is 5.56 Å². The quantitative estimate of drug-likeness (QED) is 0.483. The van der Waals surface area contributed by atoms with Crippen LogP contribution >= 0.6 is 11.6 Å². The van der Waals surface area contributed by atoms with Crippen LogP contribution in [0.5, 0.6) is 0 Å². The Morgan fingerprint density at radius 2 is 2.00 bits per heavy atom. The first-order valence-corrected chi connectivity index (χ1v) is 4.99. The van der Waals surface area contributed by atoms with Crippen molar-refractivity contribution in [3.63, 3.8) is 0 Å². The molecule has 0 bridgehead atoms. The van der Waals surface area contributed by atoms with Crippen molar-refractivity contribution in [2.75, 3.05) is 5.88 Å². The maximum absolute atomic E-state index is 10.6. The number of hydrogen-bond acceptors (Lipinski definition) is 1. The number of carbonyl (C=O) groups is 1. The van der Waals surface area contributed by atoms with Crippen molar-refractivity contribution in [3.8, 4) is 0 Å². The fourth-order valence-corrected chi connectivity index (χ4v) is 1.22. The maximum atomic E-state index is 10.6. The summed E-state index contributed by atoms with van der Waals surface area (Å²) in [6.45, 7) is 0. The monoisotopic (exact) mass is 222 g/mol. The number of carboxylic acid groups (broad SMARTS) is 1. The second-order valence-electron chi connectivity index (χ2n) is 2.90. The molecule has 0 atom stereocenters. The molecule has 1 rings (SSSR count). The summed E-state index contributed by atoms with van der Waals surface area (Å²) >= 11 is 5.46. The zero-order valence-electron chi connectivity index (χ0n) is 8.06. The van der Waals surface area contributed by atoms with Gasteiger partial charge in [0.1, 0.15) is 0 Å². The lowest BCUT2D eigenvalue weighted by Gasteiger charge is -1.93. The Bertz CT molecular complexity index is 380. The van der Waals surface area contributed by atoms with Crippen LogP contribution in [-0.2, 0) is 4.79 Å². The zero-order valence-corrected chi connectivity index (χ0v) is 8.82. The van der Waals surface area contributed by atoms with Gasteiger partial charge in [0.2, 0.25) is 0 Å². The molecule has 0 saturated heterocycles. The summed E-state index contributed by atoms with van der Waals surface area (Å²) in [5.74, 6) is -0.975. The van der Waals surface area contributed by atoms with Crippen LogP contribution in [0.25, 0.3) is 6.08 Å². The number of hydrogen-bond donors (Lipinski definition) is 1. The molecule has 0 aliphatic heterocycles. The van der Waals surface area contributed by atoms with Crippen molar-refractivity contribution in [1.29, 1.82) is 0 Å². The van der Waals surface area contributed by atoms with Crippen molar-refractivity contribution in [1.82, 2.24) is 0 Å². The molecule has 0 fully saturated rings. The number of carboxylic acids is 1. The highest BCUT2D eigenvalue weighted by Gasteiger charge is 2.02. The first kappa shape index (κ1) is 11.5. The Labute approximate surface area is 93.5 Å². The third-order valence-corrected chi connectivity index (χ3v) is 2.09. The van der Waals surface area contributed by atoms with Gasteiger partial charge in [-0.25, -0.2) is 4.79 Å². The zero-order chi connectivity index (χ0) is 11.1. The molecule has 0 saturated carbocycles. The summed E-state index contributed by atoms with van der Waals surface area (Å²) in [6.07, 6.45) is 5.01. The molecule has 1 aromatic rings. The Morgan fingerprint density at radius 1 is 1.33 bits per heavy atom. The van der Waals surface area contributed by atoms with E-state index in [2.05, 4.69) is 0 Å². The van der Waals surface area contributed by atoms with Crippen molar-refractivity contribution in [2.24, 2.45) is 0 Å². The van der Waals surface area contributed by atoms with Gasteiger partial charge in [0.25, 0.3) is 0 Å². The third kappa shape index (κ3) is 4.00. The molecular formula is C12H11ClO2. The van der Waals surface area contributed by atoms with Gasteiger partial charge in [0.05, 0.1) is 11.5 Å². The number of allylic oxidation sites excluding steroid dienone is 2. The molecule has 3 heteroatoms. The van der Waals surface area contributed by atoms with E-state index in [1.165, 1.54) is 6.08 Å². The lowest BCUT2D eigenvalue weighted by molar-refractivity contribution is -0.132. The average Bonchev–Trinajstić information content (AvgIpc) is 2.25. The highest BCUT2D eigenvalue weighted by atomic mass is 35.5.